The van der Waals surface area contributed by atoms with Crippen molar-refractivity contribution in [3.05, 3.63) is 47.8 Å². The van der Waals surface area contributed by atoms with Crippen molar-refractivity contribution in [2.75, 3.05) is 5.32 Å². The lowest BCUT2D eigenvalue weighted by Crippen LogP contribution is -2.10. The number of aromatic nitrogens is 1. The quantitative estimate of drug-likeness (QED) is 0.842. The van der Waals surface area contributed by atoms with E-state index in [0.717, 1.165) is 22.8 Å². The summed E-state index contributed by atoms with van der Waals surface area (Å²) in [5, 5.41) is 2.86. The SMILES string of the molecule is CC(=O)Nc1ccccc1-n1c(C)ccc1C. The fourth-order valence-corrected chi connectivity index (χ4v) is 2.01. The molecule has 0 aliphatic heterocycles. The lowest BCUT2D eigenvalue weighted by molar-refractivity contribution is -0.114. The average Bonchev–Trinajstić information content (AvgIpc) is 2.59. The summed E-state index contributed by atoms with van der Waals surface area (Å²) in [4.78, 5) is 11.2. The van der Waals surface area contributed by atoms with Crippen LogP contribution in [0.4, 0.5) is 5.69 Å². The molecule has 0 saturated carbocycles. The van der Waals surface area contributed by atoms with Crippen molar-refractivity contribution in [1.29, 1.82) is 0 Å². The minimum atomic E-state index is -0.0556. The minimum absolute atomic E-state index is 0.0556. The second-order valence-corrected chi connectivity index (χ2v) is 4.15. The molecule has 0 spiro atoms. The monoisotopic (exact) mass is 228 g/mol. The van der Waals surface area contributed by atoms with Crippen LogP contribution in [0.5, 0.6) is 0 Å². The van der Waals surface area contributed by atoms with Crippen molar-refractivity contribution in [1.82, 2.24) is 4.57 Å². The van der Waals surface area contributed by atoms with E-state index in [1.807, 2.05) is 24.3 Å². The van der Waals surface area contributed by atoms with Gasteiger partial charge < -0.3 is 9.88 Å². The Bertz CT molecular complexity index is 536. The molecule has 2 aromatic rings. The largest absolute Gasteiger partial charge is 0.325 e. The third-order valence-corrected chi connectivity index (χ3v) is 2.73. The number of carbonyl (C=O) groups excluding carboxylic acids is 1. The number of para-hydroxylation sites is 2. The summed E-state index contributed by atoms with van der Waals surface area (Å²) in [6, 6.07) is 11.9. The van der Waals surface area contributed by atoms with Gasteiger partial charge in [0.2, 0.25) is 5.91 Å². The lowest BCUT2D eigenvalue weighted by atomic mass is 10.2. The molecule has 88 valence electrons. The molecule has 3 nitrogen and oxygen atoms in total. The molecule has 17 heavy (non-hydrogen) atoms. The maximum absolute atomic E-state index is 11.2. The average molecular weight is 228 g/mol. The molecule has 0 aliphatic rings. The normalized spacial score (nSPS) is 10.3. The first-order valence-electron chi connectivity index (χ1n) is 5.61. The molecule has 0 saturated heterocycles. The number of aryl methyl sites for hydroxylation is 2. The summed E-state index contributed by atoms with van der Waals surface area (Å²) in [6.07, 6.45) is 0. The smallest absolute Gasteiger partial charge is 0.221 e. The van der Waals surface area contributed by atoms with Gasteiger partial charge in [0.05, 0.1) is 11.4 Å². The van der Waals surface area contributed by atoms with Gasteiger partial charge >= 0.3 is 0 Å². The zero-order valence-electron chi connectivity index (χ0n) is 10.3. The standard InChI is InChI=1S/C14H16N2O/c1-10-8-9-11(2)16(10)14-7-5-4-6-13(14)15-12(3)17/h4-9H,1-3H3,(H,15,17). The number of carbonyl (C=O) groups is 1. The fourth-order valence-electron chi connectivity index (χ4n) is 2.01. The van der Waals surface area contributed by atoms with E-state index in [2.05, 4.69) is 35.9 Å². The molecule has 0 fully saturated rings. The van der Waals surface area contributed by atoms with Crippen LogP contribution in [0.3, 0.4) is 0 Å². The van der Waals surface area contributed by atoms with Crippen molar-refractivity contribution in [3.8, 4) is 5.69 Å². The molecule has 0 atom stereocenters. The Morgan fingerprint density at radius 1 is 1.06 bits per heavy atom. The van der Waals surface area contributed by atoms with Crippen LogP contribution in [0.1, 0.15) is 18.3 Å². The van der Waals surface area contributed by atoms with Crippen LogP contribution in [-0.2, 0) is 4.79 Å². The number of amides is 1. The number of benzene rings is 1. The predicted octanol–water partition coefficient (Wildman–Crippen LogP) is 3.05. The summed E-state index contributed by atoms with van der Waals surface area (Å²) in [5.41, 5.74) is 4.14. The third-order valence-electron chi connectivity index (χ3n) is 2.73. The van der Waals surface area contributed by atoms with Crippen LogP contribution in [0.15, 0.2) is 36.4 Å². The van der Waals surface area contributed by atoms with E-state index in [9.17, 15) is 4.79 Å². The Labute approximate surface area is 101 Å². The number of nitrogens with one attached hydrogen (secondary N) is 1. The Hall–Kier alpha value is -2.03. The second-order valence-electron chi connectivity index (χ2n) is 4.15. The number of nitrogens with zero attached hydrogens (tertiary/aromatic N) is 1. The summed E-state index contributed by atoms with van der Waals surface area (Å²) in [6.45, 7) is 5.63. The van der Waals surface area contributed by atoms with Gasteiger partial charge in [-0.3, -0.25) is 4.79 Å². The Morgan fingerprint density at radius 3 is 2.24 bits per heavy atom. The Balaban J connectivity index is 2.55. The van der Waals surface area contributed by atoms with Gasteiger partial charge in [-0.2, -0.15) is 0 Å². The molecule has 1 N–H and O–H groups in total. The summed E-state index contributed by atoms with van der Waals surface area (Å²) >= 11 is 0. The maximum atomic E-state index is 11.2. The van der Waals surface area contributed by atoms with Gasteiger partial charge in [-0.25, -0.2) is 0 Å². The van der Waals surface area contributed by atoms with Crippen molar-refractivity contribution < 1.29 is 4.79 Å². The maximum Gasteiger partial charge on any atom is 0.221 e. The molecule has 0 bridgehead atoms. The lowest BCUT2D eigenvalue weighted by Gasteiger charge is -2.14. The molecule has 0 radical (unpaired) electrons. The van der Waals surface area contributed by atoms with Gasteiger partial charge in [-0.15, -0.1) is 0 Å². The Kier molecular flexibility index (Phi) is 3.00. The first-order valence-corrected chi connectivity index (χ1v) is 5.61. The molecule has 1 aromatic heterocycles. The molecule has 0 aliphatic carbocycles. The van der Waals surface area contributed by atoms with E-state index in [0.29, 0.717) is 0 Å². The highest BCUT2D eigenvalue weighted by Crippen LogP contribution is 2.23. The molecule has 1 aromatic carbocycles. The third kappa shape index (κ3) is 2.23. The van der Waals surface area contributed by atoms with E-state index in [1.54, 1.807) is 0 Å². The van der Waals surface area contributed by atoms with Crippen LogP contribution >= 0.6 is 0 Å². The van der Waals surface area contributed by atoms with E-state index in [4.69, 9.17) is 0 Å². The fraction of sp³-hybridized carbons (Fsp3) is 0.214. The zero-order valence-corrected chi connectivity index (χ0v) is 10.3. The van der Waals surface area contributed by atoms with Gasteiger partial charge in [0, 0.05) is 18.3 Å². The highest BCUT2D eigenvalue weighted by atomic mass is 16.1. The van der Waals surface area contributed by atoms with Crippen LogP contribution in [0.2, 0.25) is 0 Å². The second kappa shape index (κ2) is 4.45. The van der Waals surface area contributed by atoms with Crippen molar-refractivity contribution in [2.45, 2.75) is 20.8 Å². The summed E-state index contributed by atoms with van der Waals surface area (Å²) in [5.74, 6) is -0.0556. The number of anilines is 1. The van der Waals surface area contributed by atoms with Gasteiger partial charge in [0.1, 0.15) is 0 Å². The van der Waals surface area contributed by atoms with E-state index in [-0.39, 0.29) is 5.91 Å². The zero-order chi connectivity index (χ0) is 12.4. The first-order chi connectivity index (χ1) is 8.09. The minimum Gasteiger partial charge on any atom is -0.325 e. The van der Waals surface area contributed by atoms with Crippen molar-refractivity contribution in [2.24, 2.45) is 0 Å². The Morgan fingerprint density at radius 2 is 1.65 bits per heavy atom. The van der Waals surface area contributed by atoms with Gasteiger partial charge in [-0.1, -0.05) is 12.1 Å². The van der Waals surface area contributed by atoms with Crippen LogP contribution in [0.25, 0.3) is 5.69 Å². The first kappa shape index (κ1) is 11.5. The molecular weight excluding hydrogens is 212 g/mol. The molecule has 1 heterocycles. The molecule has 0 unspecified atom stereocenters. The van der Waals surface area contributed by atoms with Gasteiger partial charge in [0.15, 0.2) is 0 Å². The topological polar surface area (TPSA) is 34.0 Å². The van der Waals surface area contributed by atoms with E-state index in [1.165, 1.54) is 6.92 Å². The molecule has 1 amide bonds. The van der Waals surface area contributed by atoms with Crippen molar-refractivity contribution >= 4 is 11.6 Å². The summed E-state index contributed by atoms with van der Waals surface area (Å²) in [7, 11) is 0. The van der Waals surface area contributed by atoms with E-state index < -0.39 is 0 Å². The van der Waals surface area contributed by atoms with Gasteiger partial charge in [0.25, 0.3) is 0 Å². The van der Waals surface area contributed by atoms with E-state index >= 15 is 0 Å². The summed E-state index contributed by atoms with van der Waals surface area (Å²) < 4.78 is 2.13. The number of rotatable bonds is 2. The van der Waals surface area contributed by atoms with Crippen LogP contribution < -0.4 is 5.32 Å². The molecular formula is C14H16N2O. The van der Waals surface area contributed by atoms with Crippen LogP contribution in [-0.4, -0.2) is 10.5 Å². The molecule has 3 heteroatoms. The highest BCUT2D eigenvalue weighted by molar-refractivity contribution is 5.91. The van der Waals surface area contributed by atoms with Crippen LogP contribution in [0, 0.1) is 13.8 Å². The number of hydrogen-bond acceptors (Lipinski definition) is 1. The van der Waals surface area contributed by atoms with Gasteiger partial charge in [-0.05, 0) is 38.1 Å². The molecule has 2 rings (SSSR count). The highest BCUT2D eigenvalue weighted by Gasteiger charge is 2.08. The van der Waals surface area contributed by atoms with Crippen molar-refractivity contribution in [3.63, 3.8) is 0 Å². The number of hydrogen-bond donors (Lipinski definition) is 1. The predicted molar refractivity (Wildman–Crippen MR) is 69.5 cm³/mol.